The number of aromatic amines is 1. The second-order valence-electron chi connectivity index (χ2n) is 49.7. The molecule has 1 amide bonds. The fourth-order valence-corrected chi connectivity index (χ4v) is 12.7. The molecule has 4 aromatic rings. The Morgan fingerprint density at radius 3 is 1.06 bits per heavy atom. The topological polar surface area (TPSA) is 181 Å². The van der Waals surface area contributed by atoms with E-state index >= 15 is 0 Å². The number of hydrogen-bond donors (Lipinski definition) is 5. The lowest BCUT2D eigenvalue weighted by molar-refractivity contribution is -0.118. The van der Waals surface area contributed by atoms with Crippen molar-refractivity contribution in [2.45, 2.75) is 534 Å². The van der Waals surface area contributed by atoms with E-state index in [0.29, 0.717) is 47.6 Å². The van der Waals surface area contributed by atoms with E-state index in [0.717, 1.165) is 177 Å². The van der Waals surface area contributed by atoms with Crippen LogP contribution < -0.4 is 11.5 Å². The maximum absolute atomic E-state index is 10.3. The fraction of sp³-hybridized carbons (Fsp3) is 0.791. The number of para-hydroxylation sites is 1. The molecule has 1 saturated carbocycles. The number of unbranched alkanes of at least 4 members (excludes halogenated alkanes) is 2. The molecule has 10 nitrogen and oxygen atoms in total. The van der Waals surface area contributed by atoms with Crippen molar-refractivity contribution in [3.05, 3.63) is 119 Å². The number of aliphatic hydroxyl groups is 1. The maximum Gasteiger partial charge on any atom is 0.217 e. The molecular formula is C134H265N5O5S2. The average molecular weight is 2090 g/mol. The highest BCUT2D eigenvalue weighted by molar-refractivity contribution is 7.98. The second kappa shape index (κ2) is 119. The van der Waals surface area contributed by atoms with E-state index in [-0.39, 0.29) is 23.6 Å². The van der Waals surface area contributed by atoms with Gasteiger partial charge in [-0.15, -0.1) is 0 Å². The number of fused-ring (bicyclic) bond motifs is 1. The van der Waals surface area contributed by atoms with Gasteiger partial charge in [-0.25, -0.2) is 0 Å². The molecule has 2 heterocycles. The minimum atomic E-state index is -0.196. The molecule has 1 fully saturated rings. The molecule has 868 valence electrons. The van der Waals surface area contributed by atoms with Gasteiger partial charge in [-0.2, -0.15) is 24.4 Å². The van der Waals surface area contributed by atoms with Crippen molar-refractivity contribution < 1.29 is 24.3 Å². The SMILES string of the molecule is CC(=O)CC(C)C.CC(=O)CC(C)C.CC(=O)CCC(C)C.CC(C)C.CC(C)C(C)C.CC(C)C(C)O.CC(C)C1CCCC1.CC(C)CC(C)C.CC(C)CC1=CCC=N1.CC(C)CCC(N)=O.CC(C)CS.CC(C)Cc1c[nH]c2ccccc12.CC(C)Cc1ccccc1.CC(N)=NCCCC(C)C.CCC(C)C.CCC(C)C(C)C.CCCCCC(C)C.CSCCC(C)C.Cc1ccc(CC(C)C)cc1. The third-order valence-corrected chi connectivity index (χ3v) is 23.8. The first kappa shape index (κ1) is 169. The van der Waals surface area contributed by atoms with Gasteiger partial charge in [0.05, 0.1) is 11.9 Å². The molecule has 2 atom stereocenters. The van der Waals surface area contributed by atoms with Gasteiger partial charge in [0.2, 0.25) is 5.91 Å². The van der Waals surface area contributed by atoms with Crippen LogP contribution in [-0.4, -0.2) is 75.8 Å². The van der Waals surface area contributed by atoms with Gasteiger partial charge in [-0.3, -0.25) is 14.8 Å². The Labute approximate surface area is 928 Å². The highest BCUT2D eigenvalue weighted by Gasteiger charge is 2.18. The Hall–Kier alpha value is -4.78. The van der Waals surface area contributed by atoms with E-state index in [2.05, 4.69) is 416 Å². The van der Waals surface area contributed by atoms with Crippen molar-refractivity contribution in [3.63, 3.8) is 0 Å². The largest absolute Gasteiger partial charge is 0.393 e. The van der Waals surface area contributed by atoms with Crippen LogP contribution in [0, 0.1) is 143 Å². The van der Waals surface area contributed by atoms with Gasteiger partial charge in [0.1, 0.15) is 17.3 Å². The summed E-state index contributed by atoms with van der Waals surface area (Å²) < 4.78 is 0. The number of nitrogens with two attached hydrogens (primary N) is 2. The lowest BCUT2D eigenvalue weighted by atomic mass is 9.95. The number of nitrogens with zero attached hydrogens (tertiary/aromatic N) is 2. The molecule has 0 bridgehead atoms. The summed E-state index contributed by atoms with van der Waals surface area (Å²) in [4.78, 5) is 52.6. The van der Waals surface area contributed by atoms with Gasteiger partial charge >= 0.3 is 0 Å². The van der Waals surface area contributed by atoms with Crippen LogP contribution in [0.1, 0.15) is 524 Å². The van der Waals surface area contributed by atoms with Gasteiger partial charge in [-0.05, 0) is 282 Å². The fourth-order valence-electron chi connectivity index (χ4n) is 12.0. The summed E-state index contributed by atoms with van der Waals surface area (Å²) in [7, 11) is 0. The van der Waals surface area contributed by atoms with Crippen molar-refractivity contribution in [3.8, 4) is 0 Å². The molecule has 2 unspecified atom stereocenters. The lowest BCUT2D eigenvalue weighted by Gasteiger charge is -2.11. The zero-order valence-electron chi connectivity index (χ0n) is 108. The number of Topliss-reactive ketones (excluding diaryl/α,β-unsaturated/α-hetero) is 3. The molecular weight excluding hydrogens is 1820 g/mol. The zero-order valence-corrected chi connectivity index (χ0v) is 110. The number of aliphatic hydroxyl groups excluding tert-OH is 1. The highest BCUT2D eigenvalue weighted by Crippen LogP contribution is 2.31. The van der Waals surface area contributed by atoms with Gasteiger partial charge < -0.3 is 35.9 Å². The number of ketones is 3. The number of allylic oxidation sites excluding steroid dienone is 2. The van der Waals surface area contributed by atoms with Crippen molar-refractivity contribution in [1.29, 1.82) is 0 Å². The summed E-state index contributed by atoms with van der Waals surface area (Å²) >= 11 is 5.95. The molecule has 1 aliphatic carbocycles. The van der Waals surface area contributed by atoms with Gasteiger partial charge in [0.15, 0.2) is 0 Å². The number of thiol groups is 1. The summed E-state index contributed by atoms with van der Waals surface area (Å²) in [6, 6.07) is 27.9. The number of nitrogens with one attached hydrogen (secondary N) is 1. The number of H-pyrrole nitrogens is 1. The smallest absolute Gasteiger partial charge is 0.217 e. The average Bonchev–Trinajstić information content (AvgIpc) is 1.69. The number of carbonyl (C=O) groups excluding carboxylic acids is 4. The van der Waals surface area contributed by atoms with Crippen molar-refractivity contribution in [2.75, 3.05) is 24.3 Å². The number of aryl methyl sites for hydroxylation is 1. The molecule has 3 aromatic carbocycles. The first-order valence-electron chi connectivity index (χ1n) is 59.0. The summed E-state index contributed by atoms with van der Waals surface area (Å²) in [5.74, 6) is 21.7. The quantitative estimate of drug-likeness (QED) is 0.0128. The standard InChI is InChI=1S/C12H15N.C11H16.C10H14.C8H18N2.C8H13N.C8H16.C8H18.C7H14O.2C7H16.C6H13NO.2C6H12O.C6H14S.C6H14.C5H12O.C5H12.C4H10S.C4H10/c1-9(2)7-10-8-13-12-6-4-3-5-11(10)12;1-9(2)8-11-6-4-10(3)5-7-11;1-9(2)8-10-6-4-3-5-7-10;1-7(2)5-4-6-10-8(3)9;1-7(2)6-8-4-3-5-9-8;1-7(2)8-5-3-4-6-8;1-4-5-6-7-8(2)3;1-6(2)4-5-7(3)8;1-6(2)5-7(3)4;1-5-7(4)6(2)3;1-5(2)3-4-6(7)8;2*1-5(2)4-6(3)7;1-6(2)4-5-7-3;1-5(2)6(3)4;1-4(2)5(3)6;1-4-5(2)3;1-4(2)3-5;1-4(2)3/h3-6,8-9,13H,7H2,1-2H3;4-7,9H,8H2,1-3H3;3-7,9H,8H2,1-2H3;7H,4-6H2,1-3H3,(H2,9,10);4-5,7H,3,6H2,1-2H3;7-8H,3-6H2,1-2H3;8H,4-7H2,1-3H3;6H,4-5H2,1-3H3;2*6-7H,5H2,1-4H3;5H,3-4H2,1-2H3,(H2,7,8);2*5H,4H2,1-3H3;6H,4-5H2,1-3H3;5-6H,1-4H3;4-6H,1-3H3;5H,4H2,1-3H3;4-5H,3H2,1-2H3;4H,1-3H3. The molecule has 6 rings (SSSR count). The van der Waals surface area contributed by atoms with Crippen molar-refractivity contribution in [2.24, 2.45) is 158 Å². The molecule has 12 heteroatoms. The Balaban J connectivity index is -0.000000117. The zero-order chi connectivity index (χ0) is 117. The predicted octanol–water partition coefficient (Wildman–Crippen LogP) is 42.2. The molecule has 0 saturated heterocycles. The molecule has 2 aliphatic rings. The summed E-state index contributed by atoms with van der Waals surface area (Å²) in [5, 5.41) is 10.0. The monoisotopic (exact) mass is 2090 g/mol. The Morgan fingerprint density at radius 2 is 0.822 bits per heavy atom. The molecule has 1 aliphatic heterocycles. The van der Waals surface area contributed by atoms with Crippen LogP contribution in [0.3, 0.4) is 0 Å². The summed E-state index contributed by atoms with van der Waals surface area (Å²) in [5.41, 5.74) is 18.5. The number of thioether (sulfide) groups is 1. The van der Waals surface area contributed by atoms with Gasteiger partial charge in [0, 0.05) is 67.7 Å². The third-order valence-electron chi connectivity index (χ3n) is 22.5. The van der Waals surface area contributed by atoms with E-state index in [1.165, 1.54) is 141 Å². The molecule has 0 spiro atoms. The normalized spacial score (nSPS) is 12.0. The van der Waals surface area contributed by atoms with Crippen LogP contribution in [0.25, 0.3) is 10.9 Å². The van der Waals surface area contributed by atoms with Crippen molar-refractivity contribution >= 4 is 70.6 Å². The molecule has 0 radical (unpaired) electrons. The predicted molar refractivity (Wildman–Crippen MR) is 679 cm³/mol. The van der Waals surface area contributed by atoms with Crippen molar-refractivity contribution in [1.82, 2.24) is 4.98 Å². The number of carbonyl (C=O) groups is 4. The lowest BCUT2D eigenvalue weighted by Crippen LogP contribution is -2.10. The van der Waals surface area contributed by atoms with Crippen LogP contribution >= 0.6 is 24.4 Å². The Bertz CT molecular complexity index is 3290. The number of hydrogen-bond acceptors (Lipinski definition) is 9. The van der Waals surface area contributed by atoms with Crippen LogP contribution in [-0.2, 0) is 38.4 Å². The van der Waals surface area contributed by atoms with E-state index in [4.69, 9.17) is 16.6 Å². The highest BCUT2D eigenvalue weighted by atomic mass is 32.2. The molecule has 146 heavy (non-hydrogen) atoms. The van der Waals surface area contributed by atoms with Crippen LogP contribution in [0.15, 0.2) is 107 Å². The number of aliphatic imine (C=N–C) groups is 2. The molecule has 6 N–H and O–H groups in total. The van der Waals surface area contributed by atoms with Crippen LogP contribution in [0.5, 0.6) is 0 Å². The Kier molecular flexibility index (Phi) is 137. The number of amides is 1. The minimum absolute atomic E-state index is 0.148. The van der Waals surface area contributed by atoms with E-state index in [1.54, 1.807) is 27.7 Å². The summed E-state index contributed by atoms with van der Waals surface area (Å²) in [6.07, 6.45) is 38.0. The molecule has 1 aromatic heterocycles. The number of primary amides is 1. The van der Waals surface area contributed by atoms with Crippen LogP contribution in [0.4, 0.5) is 0 Å². The number of benzene rings is 3. The van der Waals surface area contributed by atoms with Gasteiger partial charge in [0.25, 0.3) is 0 Å². The second-order valence-corrected chi connectivity index (χ2v) is 51.1. The van der Waals surface area contributed by atoms with E-state index in [1.807, 2.05) is 66.4 Å². The first-order valence-corrected chi connectivity index (χ1v) is 61.1. The Morgan fingerprint density at radius 1 is 0.438 bits per heavy atom. The number of rotatable bonds is 38. The number of aromatic nitrogens is 1. The van der Waals surface area contributed by atoms with Crippen LogP contribution in [0.2, 0.25) is 0 Å². The third kappa shape index (κ3) is 175. The van der Waals surface area contributed by atoms with Gasteiger partial charge in [-0.1, -0.05) is 474 Å². The summed E-state index contributed by atoms with van der Waals surface area (Å²) in [6.45, 7) is 115. The van der Waals surface area contributed by atoms with E-state index in [9.17, 15) is 19.2 Å². The maximum atomic E-state index is 10.3. The first-order chi connectivity index (χ1) is 67.4. The minimum Gasteiger partial charge on any atom is -0.393 e. The van der Waals surface area contributed by atoms with E-state index < -0.39 is 0 Å². The number of amidine groups is 1.